The second-order valence-corrected chi connectivity index (χ2v) is 9.30. The summed E-state index contributed by atoms with van der Waals surface area (Å²) >= 11 is 0. The van der Waals surface area contributed by atoms with Crippen molar-refractivity contribution in [3.05, 3.63) is 71.3 Å². The maximum atomic E-state index is 13.6. The molecule has 0 spiro atoms. The lowest BCUT2D eigenvalue weighted by Crippen LogP contribution is -2.48. The molecule has 0 saturated carbocycles. The van der Waals surface area contributed by atoms with Crippen molar-refractivity contribution in [3.8, 4) is 17.2 Å². The Morgan fingerprint density at radius 1 is 1.14 bits per heavy atom. The molecular formula is C27H34FN3O5. The maximum Gasteiger partial charge on any atom is 0.161 e. The van der Waals surface area contributed by atoms with Gasteiger partial charge in [-0.1, -0.05) is 6.07 Å². The van der Waals surface area contributed by atoms with Gasteiger partial charge >= 0.3 is 0 Å². The molecule has 4 rings (SSSR count). The number of halogens is 1. The summed E-state index contributed by atoms with van der Waals surface area (Å²) in [6, 6.07) is 10.4. The van der Waals surface area contributed by atoms with Crippen LogP contribution in [-0.4, -0.2) is 72.0 Å². The van der Waals surface area contributed by atoms with Gasteiger partial charge in [0.15, 0.2) is 11.5 Å². The minimum Gasteiger partial charge on any atom is -0.493 e. The highest BCUT2D eigenvalue weighted by atomic mass is 19.1. The Morgan fingerprint density at radius 2 is 2.00 bits per heavy atom. The van der Waals surface area contributed by atoms with Crippen molar-refractivity contribution < 1.29 is 28.4 Å². The van der Waals surface area contributed by atoms with Crippen molar-refractivity contribution in [1.29, 1.82) is 0 Å². The van der Waals surface area contributed by atoms with Crippen LogP contribution in [0.1, 0.15) is 16.7 Å². The number of methoxy groups -OCH3 is 1. The van der Waals surface area contributed by atoms with Gasteiger partial charge in [0.05, 0.1) is 33.1 Å². The van der Waals surface area contributed by atoms with E-state index < -0.39 is 5.60 Å². The Bertz CT molecular complexity index is 1150. The zero-order valence-electron chi connectivity index (χ0n) is 21.1. The molecule has 0 aliphatic carbocycles. The van der Waals surface area contributed by atoms with Gasteiger partial charge < -0.3 is 24.1 Å². The van der Waals surface area contributed by atoms with Gasteiger partial charge in [-0.25, -0.2) is 4.39 Å². The van der Waals surface area contributed by atoms with Crippen LogP contribution in [0.4, 0.5) is 4.39 Å². The number of aliphatic hydroxyl groups is 1. The first-order valence-corrected chi connectivity index (χ1v) is 12.0. The monoisotopic (exact) mass is 499 g/mol. The van der Waals surface area contributed by atoms with Gasteiger partial charge in [-0.2, -0.15) is 5.10 Å². The number of benzene rings is 2. The SMILES string of the molecule is COc1ccc(CN2CCOCC(O)(COc3ccc(F)c(C)c3)C2)cc1OCCn1cc(C)cn1. The van der Waals surface area contributed by atoms with E-state index in [2.05, 4.69) is 10.00 Å². The van der Waals surface area contributed by atoms with Crippen LogP contribution in [-0.2, 0) is 17.8 Å². The van der Waals surface area contributed by atoms with E-state index in [1.54, 1.807) is 26.2 Å². The van der Waals surface area contributed by atoms with Crippen LogP contribution in [0.15, 0.2) is 48.8 Å². The van der Waals surface area contributed by atoms with Crippen LogP contribution in [0.5, 0.6) is 17.2 Å². The van der Waals surface area contributed by atoms with Crippen LogP contribution in [0.2, 0.25) is 0 Å². The molecule has 1 N–H and O–H groups in total. The van der Waals surface area contributed by atoms with Crippen molar-refractivity contribution in [2.24, 2.45) is 0 Å². The lowest BCUT2D eigenvalue weighted by molar-refractivity contribution is -0.0646. The van der Waals surface area contributed by atoms with Gasteiger partial charge in [-0.15, -0.1) is 0 Å². The predicted octanol–water partition coefficient (Wildman–Crippen LogP) is 3.37. The van der Waals surface area contributed by atoms with Gasteiger partial charge in [0.2, 0.25) is 0 Å². The topological polar surface area (TPSA) is 78.2 Å². The van der Waals surface area contributed by atoms with Gasteiger partial charge in [-0.3, -0.25) is 9.58 Å². The van der Waals surface area contributed by atoms with Crippen molar-refractivity contribution >= 4 is 0 Å². The smallest absolute Gasteiger partial charge is 0.161 e. The molecule has 1 atom stereocenters. The maximum absolute atomic E-state index is 13.6. The summed E-state index contributed by atoms with van der Waals surface area (Å²) < 4.78 is 38.4. The molecule has 2 heterocycles. The molecule has 0 amide bonds. The first-order valence-electron chi connectivity index (χ1n) is 12.0. The van der Waals surface area contributed by atoms with Crippen molar-refractivity contribution in [2.45, 2.75) is 32.5 Å². The molecule has 194 valence electrons. The molecule has 1 saturated heterocycles. The van der Waals surface area contributed by atoms with E-state index in [-0.39, 0.29) is 19.0 Å². The summed E-state index contributed by atoms with van der Waals surface area (Å²) in [5.41, 5.74) is 1.43. The fourth-order valence-electron chi connectivity index (χ4n) is 4.17. The average molecular weight is 500 g/mol. The molecule has 1 unspecified atom stereocenters. The zero-order chi connectivity index (χ0) is 25.5. The first-order chi connectivity index (χ1) is 17.3. The van der Waals surface area contributed by atoms with Crippen molar-refractivity contribution in [3.63, 3.8) is 0 Å². The number of hydrogen-bond acceptors (Lipinski definition) is 7. The third kappa shape index (κ3) is 6.96. The van der Waals surface area contributed by atoms with Gasteiger partial charge in [-0.05, 0) is 60.9 Å². The summed E-state index contributed by atoms with van der Waals surface area (Å²) in [6.07, 6.45) is 3.79. The van der Waals surface area contributed by atoms with Gasteiger partial charge in [0, 0.05) is 25.8 Å². The molecule has 0 bridgehead atoms. The highest BCUT2D eigenvalue weighted by Gasteiger charge is 2.33. The highest BCUT2D eigenvalue weighted by Crippen LogP contribution is 2.29. The summed E-state index contributed by atoms with van der Waals surface area (Å²) in [7, 11) is 1.62. The minimum absolute atomic E-state index is 0.0401. The van der Waals surface area contributed by atoms with Crippen LogP contribution < -0.4 is 14.2 Å². The molecule has 9 heteroatoms. The molecule has 1 aliphatic heterocycles. The molecule has 1 fully saturated rings. The quantitative estimate of drug-likeness (QED) is 0.458. The summed E-state index contributed by atoms with van der Waals surface area (Å²) in [5.74, 6) is 1.55. The van der Waals surface area contributed by atoms with E-state index in [0.717, 1.165) is 11.1 Å². The number of aromatic nitrogens is 2. The number of ether oxygens (including phenoxy) is 4. The number of rotatable bonds is 10. The van der Waals surface area contributed by atoms with E-state index in [1.807, 2.05) is 42.2 Å². The lowest BCUT2D eigenvalue weighted by atomic mass is 10.1. The Hall–Kier alpha value is -3.14. The third-order valence-electron chi connectivity index (χ3n) is 6.05. The van der Waals surface area contributed by atoms with Gasteiger partial charge in [0.1, 0.15) is 30.4 Å². The van der Waals surface area contributed by atoms with Gasteiger partial charge in [0.25, 0.3) is 0 Å². The molecule has 0 radical (unpaired) electrons. The molecule has 1 aliphatic rings. The van der Waals surface area contributed by atoms with Crippen LogP contribution in [0.25, 0.3) is 0 Å². The van der Waals surface area contributed by atoms with E-state index in [9.17, 15) is 9.50 Å². The third-order valence-corrected chi connectivity index (χ3v) is 6.05. The van der Waals surface area contributed by atoms with Crippen LogP contribution in [0.3, 0.4) is 0 Å². The number of aryl methyl sites for hydroxylation is 2. The zero-order valence-corrected chi connectivity index (χ0v) is 21.1. The van der Waals surface area contributed by atoms with Crippen molar-refractivity contribution in [1.82, 2.24) is 14.7 Å². The Morgan fingerprint density at radius 3 is 2.75 bits per heavy atom. The second kappa shape index (κ2) is 11.7. The largest absolute Gasteiger partial charge is 0.493 e. The summed E-state index contributed by atoms with van der Waals surface area (Å²) in [4.78, 5) is 2.13. The fraction of sp³-hybridized carbons (Fsp3) is 0.444. The van der Waals surface area contributed by atoms with Crippen molar-refractivity contribution in [2.75, 3.05) is 46.6 Å². The second-order valence-electron chi connectivity index (χ2n) is 9.30. The van der Waals surface area contributed by atoms with E-state index in [1.165, 1.54) is 6.07 Å². The molecular weight excluding hydrogens is 465 g/mol. The van der Waals surface area contributed by atoms with Crippen LogP contribution in [0, 0.1) is 19.7 Å². The number of hydrogen-bond donors (Lipinski definition) is 1. The highest BCUT2D eigenvalue weighted by molar-refractivity contribution is 5.43. The van der Waals surface area contributed by atoms with E-state index >= 15 is 0 Å². The first kappa shape index (κ1) is 25.9. The Labute approximate surface area is 211 Å². The van der Waals surface area contributed by atoms with E-state index in [0.29, 0.717) is 62.2 Å². The molecule has 2 aromatic carbocycles. The summed E-state index contributed by atoms with van der Waals surface area (Å²) in [5, 5.41) is 15.5. The molecule has 8 nitrogen and oxygen atoms in total. The molecule has 36 heavy (non-hydrogen) atoms. The van der Waals surface area contributed by atoms with E-state index in [4.69, 9.17) is 18.9 Å². The number of nitrogens with zero attached hydrogens (tertiary/aromatic N) is 3. The Balaban J connectivity index is 1.37. The predicted molar refractivity (Wildman–Crippen MR) is 133 cm³/mol. The average Bonchev–Trinajstić information content (AvgIpc) is 3.18. The Kier molecular flexibility index (Phi) is 8.45. The standard InChI is InChI=1S/C27H34FN3O5/c1-20-14-29-31(15-20)9-11-35-26-13-22(4-7-25(26)33-3)16-30-8-10-34-18-27(32,17-30)19-36-23-5-6-24(28)21(2)12-23/h4-7,12-15,32H,8-11,16-19H2,1-3H3. The fourth-order valence-corrected chi connectivity index (χ4v) is 4.17. The lowest BCUT2D eigenvalue weighted by Gasteiger charge is -2.30. The molecule has 1 aromatic heterocycles. The number of β-amino-alcohol motifs (C(OH)–C–C–N with tert-alkyl or cyclic N) is 1. The van der Waals surface area contributed by atoms with Crippen LogP contribution >= 0.6 is 0 Å². The molecule has 3 aromatic rings. The summed E-state index contributed by atoms with van der Waals surface area (Å²) in [6.45, 7) is 7.10. The normalized spacial score (nSPS) is 18.6. The minimum atomic E-state index is -1.20.